The molecule has 0 saturated carbocycles. The van der Waals surface area contributed by atoms with Gasteiger partial charge in [-0.3, -0.25) is 4.79 Å². The minimum Gasteiger partial charge on any atom is -0.494 e. The number of hydrogen-bond acceptors (Lipinski definition) is 4. The van der Waals surface area contributed by atoms with Gasteiger partial charge in [-0.05, 0) is 30.4 Å². The predicted molar refractivity (Wildman–Crippen MR) is 82.4 cm³/mol. The van der Waals surface area contributed by atoms with Crippen LogP contribution in [-0.2, 0) is 20.7 Å². The first-order valence-corrected chi connectivity index (χ1v) is 7.92. The summed E-state index contributed by atoms with van der Waals surface area (Å²) in [6.07, 6.45) is 2.20. The van der Waals surface area contributed by atoms with E-state index in [9.17, 15) is 13.6 Å². The fraction of sp³-hybridized carbons (Fsp3) is 0.500. The Hall–Kier alpha value is -1.95. The molecule has 0 aromatic heterocycles. The van der Waals surface area contributed by atoms with Gasteiger partial charge in [0.25, 0.3) is 0 Å². The number of benzene rings is 1. The quantitative estimate of drug-likeness (QED) is 0.844. The van der Waals surface area contributed by atoms with E-state index in [0.29, 0.717) is 12.2 Å². The van der Waals surface area contributed by atoms with Crippen molar-refractivity contribution in [3.63, 3.8) is 0 Å². The lowest BCUT2D eigenvalue weighted by Gasteiger charge is -2.37. The maximum absolute atomic E-state index is 14.2. The Morgan fingerprint density at radius 2 is 2.12 bits per heavy atom. The van der Waals surface area contributed by atoms with E-state index in [1.165, 1.54) is 13.2 Å². The van der Waals surface area contributed by atoms with Crippen molar-refractivity contribution in [2.45, 2.75) is 32.3 Å². The third-order valence-electron chi connectivity index (χ3n) is 4.96. The lowest BCUT2D eigenvalue weighted by Crippen LogP contribution is -2.44. The molecule has 0 radical (unpaired) electrons. The van der Waals surface area contributed by atoms with Gasteiger partial charge in [0.15, 0.2) is 24.1 Å². The van der Waals surface area contributed by atoms with Crippen LogP contribution in [0.15, 0.2) is 24.0 Å². The molecule has 6 heteroatoms. The van der Waals surface area contributed by atoms with Crippen LogP contribution in [0.4, 0.5) is 8.78 Å². The molecule has 130 valence electrons. The van der Waals surface area contributed by atoms with Crippen molar-refractivity contribution < 1.29 is 27.8 Å². The van der Waals surface area contributed by atoms with Crippen LogP contribution in [-0.4, -0.2) is 25.3 Å². The summed E-state index contributed by atoms with van der Waals surface area (Å²) in [7, 11) is 1.29. The van der Waals surface area contributed by atoms with Crippen molar-refractivity contribution in [3.05, 3.63) is 41.2 Å². The van der Waals surface area contributed by atoms with Gasteiger partial charge in [0.1, 0.15) is 17.2 Å². The lowest BCUT2D eigenvalue weighted by molar-refractivity contribution is -0.122. The molecule has 2 aliphatic rings. The molecular formula is C18H20F2O4. The van der Waals surface area contributed by atoms with Gasteiger partial charge in [-0.25, -0.2) is 8.78 Å². The van der Waals surface area contributed by atoms with Crippen molar-refractivity contribution in [2.75, 3.05) is 13.9 Å². The average Bonchev–Trinajstić information content (AvgIpc) is 2.94. The Labute approximate surface area is 139 Å². The number of allylic oxidation sites excluding steroid dienone is 1. The molecule has 1 unspecified atom stereocenters. The molecule has 4 nitrogen and oxygen atoms in total. The number of halogens is 2. The maximum atomic E-state index is 14.2. The van der Waals surface area contributed by atoms with Gasteiger partial charge in [0.2, 0.25) is 0 Å². The first-order valence-electron chi connectivity index (χ1n) is 7.92. The molecule has 1 heterocycles. The topological polar surface area (TPSA) is 44.8 Å². The van der Waals surface area contributed by atoms with Crippen molar-refractivity contribution in [2.24, 2.45) is 11.8 Å². The van der Waals surface area contributed by atoms with E-state index in [-0.39, 0.29) is 42.1 Å². The van der Waals surface area contributed by atoms with Gasteiger partial charge in [-0.1, -0.05) is 13.8 Å². The average molecular weight is 338 g/mol. The summed E-state index contributed by atoms with van der Waals surface area (Å²) in [5, 5.41) is 0. The third kappa shape index (κ3) is 2.69. The minimum absolute atomic E-state index is 0.00000234. The molecular weight excluding hydrogens is 318 g/mol. The molecule has 1 saturated heterocycles. The molecule has 3 rings (SSSR count). The van der Waals surface area contributed by atoms with E-state index in [2.05, 4.69) is 0 Å². The zero-order valence-corrected chi connectivity index (χ0v) is 13.9. The largest absolute Gasteiger partial charge is 0.494 e. The van der Waals surface area contributed by atoms with Crippen LogP contribution in [0, 0.1) is 23.5 Å². The van der Waals surface area contributed by atoms with Gasteiger partial charge in [0.05, 0.1) is 7.11 Å². The molecule has 0 amide bonds. The zero-order chi connectivity index (χ0) is 17.5. The summed E-state index contributed by atoms with van der Waals surface area (Å²) >= 11 is 0. The lowest BCUT2D eigenvalue weighted by atomic mass is 9.73. The second kappa shape index (κ2) is 6.16. The number of fused-ring (bicyclic) bond motifs is 1. The SMILES string of the molecule is COc1cc(F)c(CC(C)[C@]23C[C@H](C)C(=O)C=C2OCO3)cc1F. The minimum atomic E-state index is -0.768. The van der Waals surface area contributed by atoms with E-state index >= 15 is 0 Å². The summed E-state index contributed by atoms with van der Waals surface area (Å²) in [5.41, 5.74) is -0.523. The van der Waals surface area contributed by atoms with Crippen molar-refractivity contribution >= 4 is 5.78 Å². The molecule has 0 spiro atoms. The highest BCUT2D eigenvalue weighted by molar-refractivity contribution is 5.93. The highest BCUT2D eigenvalue weighted by Crippen LogP contribution is 2.45. The van der Waals surface area contributed by atoms with E-state index in [1.807, 2.05) is 13.8 Å². The van der Waals surface area contributed by atoms with Crippen molar-refractivity contribution in [1.29, 1.82) is 0 Å². The van der Waals surface area contributed by atoms with E-state index in [1.54, 1.807) is 0 Å². The van der Waals surface area contributed by atoms with E-state index < -0.39 is 17.2 Å². The van der Waals surface area contributed by atoms with Crippen LogP contribution in [0.5, 0.6) is 5.75 Å². The maximum Gasteiger partial charge on any atom is 0.189 e. The van der Waals surface area contributed by atoms with Crippen LogP contribution in [0.25, 0.3) is 0 Å². The van der Waals surface area contributed by atoms with Crippen LogP contribution in [0.1, 0.15) is 25.8 Å². The van der Waals surface area contributed by atoms with Gasteiger partial charge in [-0.2, -0.15) is 0 Å². The Morgan fingerprint density at radius 1 is 1.38 bits per heavy atom. The molecule has 1 aliphatic heterocycles. The monoisotopic (exact) mass is 338 g/mol. The summed E-state index contributed by atoms with van der Waals surface area (Å²) < 4.78 is 44.2. The second-order valence-corrected chi connectivity index (χ2v) is 6.50. The fourth-order valence-electron chi connectivity index (χ4n) is 3.51. The van der Waals surface area contributed by atoms with Gasteiger partial charge in [0, 0.05) is 18.1 Å². The Balaban J connectivity index is 1.90. The molecule has 1 fully saturated rings. The number of ether oxygens (including phenoxy) is 3. The number of hydrogen-bond donors (Lipinski definition) is 0. The van der Waals surface area contributed by atoms with Crippen LogP contribution in [0.3, 0.4) is 0 Å². The number of methoxy groups -OCH3 is 1. The standard InChI is InChI=1S/C18H20F2O4/c1-10-8-18(17(7-15(10)21)23-9-24-18)11(2)4-12-5-14(20)16(22-3)6-13(12)19/h5-7,10-11H,4,8-9H2,1-3H3/t10-,11?,18+/m0/s1. The molecule has 24 heavy (non-hydrogen) atoms. The second-order valence-electron chi connectivity index (χ2n) is 6.50. The zero-order valence-electron chi connectivity index (χ0n) is 13.9. The summed E-state index contributed by atoms with van der Waals surface area (Å²) in [5.74, 6) is -1.15. The molecule has 1 aromatic carbocycles. The number of carbonyl (C=O) groups excluding carboxylic acids is 1. The number of carbonyl (C=O) groups is 1. The van der Waals surface area contributed by atoms with Gasteiger partial charge >= 0.3 is 0 Å². The predicted octanol–water partition coefficient (Wildman–Crippen LogP) is 3.39. The highest BCUT2D eigenvalue weighted by Gasteiger charge is 2.51. The van der Waals surface area contributed by atoms with Crippen LogP contribution in [0.2, 0.25) is 0 Å². The molecule has 0 bridgehead atoms. The van der Waals surface area contributed by atoms with Gasteiger partial charge in [-0.15, -0.1) is 0 Å². The molecule has 0 N–H and O–H groups in total. The number of ketones is 1. The molecule has 1 aromatic rings. The number of rotatable bonds is 4. The van der Waals surface area contributed by atoms with Crippen molar-refractivity contribution in [3.8, 4) is 5.75 Å². The normalized spacial score (nSPS) is 27.3. The summed E-state index contributed by atoms with van der Waals surface area (Å²) in [6.45, 7) is 3.79. The smallest absolute Gasteiger partial charge is 0.189 e. The van der Waals surface area contributed by atoms with Crippen LogP contribution < -0.4 is 4.74 Å². The van der Waals surface area contributed by atoms with E-state index in [0.717, 1.165) is 12.1 Å². The first-order chi connectivity index (χ1) is 11.4. The van der Waals surface area contributed by atoms with Crippen LogP contribution >= 0.6 is 0 Å². The molecule has 1 aliphatic carbocycles. The van der Waals surface area contributed by atoms with Gasteiger partial charge < -0.3 is 14.2 Å². The first kappa shape index (κ1) is 16.9. The van der Waals surface area contributed by atoms with E-state index in [4.69, 9.17) is 14.2 Å². The third-order valence-corrected chi connectivity index (χ3v) is 4.96. The van der Waals surface area contributed by atoms with Crippen molar-refractivity contribution in [1.82, 2.24) is 0 Å². The Kier molecular flexibility index (Phi) is 4.34. The Bertz CT molecular complexity index is 701. The summed E-state index contributed by atoms with van der Waals surface area (Å²) in [6, 6.07) is 2.20. The highest BCUT2D eigenvalue weighted by atomic mass is 19.1. The fourth-order valence-corrected chi connectivity index (χ4v) is 3.51. The molecule has 3 atom stereocenters. The Morgan fingerprint density at radius 3 is 2.83 bits per heavy atom. The summed E-state index contributed by atoms with van der Waals surface area (Å²) in [4.78, 5) is 11.9.